The third-order valence-corrected chi connectivity index (χ3v) is 4.33. The number of nitrogens with one attached hydrogen (secondary N) is 2. The molecule has 3 rings (SSSR count). The molecule has 1 aliphatic rings. The first kappa shape index (κ1) is 18.6. The van der Waals surface area contributed by atoms with Crippen molar-refractivity contribution in [3.8, 4) is 0 Å². The number of amides is 3. The second kappa shape index (κ2) is 8.04. The standard InChI is InChI=1S/C17H22N6O4/c1-11-14(15(20-17(25)19-11)12-4-6-27-9-12)16(24)22(2)8-13-21-18-10-23(13)5-7-26-3/h4,6,9-10,15H,5,7-8H2,1-3H3,(H2,19,20,25). The Morgan fingerprint density at radius 2 is 2.30 bits per heavy atom. The molecule has 1 atom stereocenters. The fourth-order valence-corrected chi connectivity index (χ4v) is 2.93. The molecule has 0 aromatic carbocycles. The van der Waals surface area contributed by atoms with Crippen LogP contribution in [0.4, 0.5) is 4.79 Å². The zero-order valence-corrected chi connectivity index (χ0v) is 15.4. The van der Waals surface area contributed by atoms with E-state index < -0.39 is 6.04 Å². The summed E-state index contributed by atoms with van der Waals surface area (Å²) in [6.07, 6.45) is 4.62. The van der Waals surface area contributed by atoms with E-state index in [2.05, 4.69) is 20.8 Å². The van der Waals surface area contributed by atoms with Crippen molar-refractivity contribution in [3.05, 3.63) is 47.6 Å². The zero-order chi connectivity index (χ0) is 19.4. The van der Waals surface area contributed by atoms with E-state index in [9.17, 15) is 9.59 Å². The highest BCUT2D eigenvalue weighted by Crippen LogP contribution is 2.28. The van der Waals surface area contributed by atoms with E-state index >= 15 is 0 Å². The van der Waals surface area contributed by atoms with Gasteiger partial charge in [0.05, 0.1) is 37.3 Å². The Labute approximate surface area is 156 Å². The number of carbonyl (C=O) groups is 2. The van der Waals surface area contributed by atoms with Crippen LogP contribution in [0.5, 0.6) is 0 Å². The number of furan rings is 1. The molecule has 0 aliphatic carbocycles. The molecule has 0 fully saturated rings. The molecule has 144 valence electrons. The maximum absolute atomic E-state index is 13.1. The Kier molecular flexibility index (Phi) is 5.55. The molecule has 2 aromatic rings. The number of hydrogen-bond acceptors (Lipinski definition) is 6. The van der Waals surface area contributed by atoms with Crippen LogP contribution in [0.1, 0.15) is 24.4 Å². The van der Waals surface area contributed by atoms with E-state index in [0.717, 1.165) is 0 Å². The molecular weight excluding hydrogens is 352 g/mol. The maximum Gasteiger partial charge on any atom is 0.319 e. The number of nitrogens with zero attached hydrogens (tertiary/aromatic N) is 4. The largest absolute Gasteiger partial charge is 0.472 e. The van der Waals surface area contributed by atoms with Crippen molar-refractivity contribution in [1.82, 2.24) is 30.3 Å². The molecule has 3 amide bonds. The molecule has 0 saturated carbocycles. The summed E-state index contributed by atoms with van der Waals surface area (Å²) >= 11 is 0. The Balaban J connectivity index is 1.81. The Morgan fingerprint density at radius 3 is 3.00 bits per heavy atom. The van der Waals surface area contributed by atoms with E-state index in [-0.39, 0.29) is 18.5 Å². The van der Waals surface area contributed by atoms with Crippen molar-refractivity contribution in [1.29, 1.82) is 0 Å². The fraction of sp³-hybridized carbons (Fsp3) is 0.412. The van der Waals surface area contributed by atoms with Crippen LogP contribution in [0.2, 0.25) is 0 Å². The van der Waals surface area contributed by atoms with E-state index in [1.807, 2.05) is 4.57 Å². The van der Waals surface area contributed by atoms with E-state index in [4.69, 9.17) is 9.15 Å². The average molecular weight is 374 g/mol. The number of aromatic nitrogens is 3. The predicted octanol–water partition coefficient (Wildman–Crippen LogP) is 0.804. The number of urea groups is 1. The van der Waals surface area contributed by atoms with Crippen LogP contribution < -0.4 is 10.6 Å². The molecule has 0 bridgehead atoms. The van der Waals surface area contributed by atoms with Crippen LogP contribution in [0, 0.1) is 0 Å². The van der Waals surface area contributed by atoms with Crippen LogP contribution in [0.15, 0.2) is 40.6 Å². The van der Waals surface area contributed by atoms with Crippen molar-refractivity contribution in [2.45, 2.75) is 26.1 Å². The Bertz CT molecular complexity index is 841. The van der Waals surface area contributed by atoms with Gasteiger partial charge in [-0.25, -0.2) is 4.79 Å². The number of likely N-dealkylation sites (N-methyl/N-ethyl adjacent to an activating group) is 1. The van der Waals surface area contributed by atoms with Gasteiger partial charge in [-0.1, -0.05) is 0 Å². The van der Waals surface area contributed by atoms with E-state index in [1.165, 1.54) is 12.5 Å². The molecule has 2 N–H and O–H groups in total. The third kappa shape index (κ3) is 4.00. The summed E-state index contributed by atoms with van der Waals surface area (Å²) in [6.45, 7) is 3.09. The van der Waals surface area contributed by atoms with Gasteiger partial charge in [0, 0.05) is 32.0 Å². The molecule has 3 heterocycles. The number of rotatable bonds is 7. The molecule has 0 spiro atoms. The highest BCUT2D eigenvalue weighted by molar-refractivity contribution is 5.98. The lowest BCUT2D eigenvalue weighted by atomic mass is 9.96. The van der Waals surface area contributed by atoms with Gasteiger partial charge in [-0.3, -0.25) is 4.79 Å². The molecule has 0 saturated heterocycles. The molecule has 2 aromatic heterocycles. The van der Waals surface area contributed by atoms with Gasteiger partial charge in [0.25, 0.3) is 5.91 Å². The highest BCUT2D eigenvalue weighted by atomic mass is 16.5. The van der Waals surface area contributed by atoms with Crippen molar-refractivity contribution in [2.24, 2.45) is 0 Å². The zero-order valence-electron chi connectivity index (χ0n) is 15.4. The van der Waals surface area contributed by atoms with Crippen LogP contribution in [0.25, 0.3) is 0 Å². The van der Waals surface area contributed by atoms with Crippen molar-refractivity contribution >= 4 is 11.9 Å². The monoisotopic (exact) mass is 374 g/mol. The van der Waals surface area contributed by atoms with Gasteiger partial charge >= 0.3 is 6.03 Å². The van der Waals surface area contributed by atoms with Crippen LogP contribution in [-0.4, -0.2) is 52.4 Å². The highest BCUT2D eigenvalue weighted by Gasteiger charge is 2.33. The summed E-state index contributed by atoms with van der Waals surface area (Å²) in [5.41, 5.74) is 1.65. The minimum absolute atomic E-state index is 0.229. The van der Waals surface area contributed by atoms with Gasteiger partial charge in [0.2, 0.25) is 0 Å². The second-order valence-corrected chi connectivity index (χ2v) is 6.22. The van der Waals surface area contributed by atoms with Gasteiger partial charge in [-0.05, 0) is 13.0 Å². The third-order valence-electron chi connectivity index (χ3n) is 4.33. The molecule has 0 radical (unpaired) electrons. The Morgan fingerprint density at radius 1 is 1.48 bits per heavy atom. The van der Waals surface area contributed by atoms with Crippen molar-refractivity contribution in [3.63, 3.8) is 0 Å². The molecule has 1 aliphatic heterocycles. The SMILES string of the molecule is COCCn1cnnc1CN(C)C(=O)C1=C(C)NC(=O)NC1c1ccoc1. The minimum Gasteiger partial charge on any atom is -0.472 e. The first-order valence-corrected chi connectivity index (χ1v) is 8.42. The van der Waals surface area contributed by atoms with Gasteiger partial charge in [-0.2, -0.15) is 0 Å². The normalized spacial score (nSPS) is 16.9. The van der Waals surface area contributed by atoms with Crippen molar-refractivity contribution in [2.75, 3.05) is 20.8 Å². The summed E-state index contributed by atoms with van der Waals surface area (Å²) < 4.78 is 12.0. The number of methoxy groups -OCH3 is 1. The summed E-state index contributed by atoms with van der Waals surface area (Å²) in [5, 5.41) is 13.4. The van der Waals surface area contributed by atoms with Crippen molar-refractivity contribution < 1.29 is 18.7 Å². The Hall–Kier alpha value is -3.14. The minimum atomic E-state index is -0.584. The lowest BCUT2D eigenvalue weighted by Crippen LogP contribution is -2.47. The van der Waals surface area contributed by atoms with Crippen LogP contribution in [0.3, 0.4) is 0 Å². The lowest BCUT2D eigenvalue weighted by molar-refractivity contribution is -0.127. The summed E-state index contributed by atoms with van der Waals surface area (Å²) in [6, 6.07) is 0.772. The molecule has 27 heavy (non-hydrogen) atoms. The number of carbonyl (C=O) groups excluding carboxylic acids is 2. The lowest BCUT2D eigenvalue weighted by Gasteiger charge is -2.30. The smallest absolute Gasteiger partial charge is 0.319 e. The van der Waals surface area contributed by atoms with Crippen LogP contribution in [-0.2, 0) is 22.6 Å². The van der Waals surface area contributed by atoms with E-state index in [0.29, 0.717) is 35.8 Å². The van der Waals surface area contributed by atoms with E-state index in [1.54, 1.807) is 38.4 Å². The second-order valence-electron chi connectivity index (χ2n) is 6.22. The fourth-order valence-electron chi connectivity index (χ4n) is 2.93. The predicted molar refractivity (Wildman–Crippen MR) is 94.2 cm³/mol. The number of allylic oxidation sites excluding steroid dienone is 1. The van der Waals surface area contributed by atoms with Gasteiger partial charge in [0.1, 0.15) is 6.33 Å². The molecule has 1 unspecified atom stereocenters. The topological polar surface area (TPSA) is 115 Å². The quantitative estimate of drug-likeness (QED) is 0.741. The average Bonchev–Trinajstić information content (AvgIpc) is 3.30. The molecular formula is C17H22N6O4. The van der Waals surface area contributed by atoms with Crippen LogP contribution >= 0.6 is 0 Å². The molecule has 10 heteroatoms. The summed E-state index contributed by atoms with van der Waals surface area (Å²) in [4.78, 5) is 26.5. The van der Waals surface area contributed by atoms with Gasteiger partial charge in [0.15, 0.2) is 5.82 Å². The first-order chi connectivity index (χ1) is 13.0. The van der Waals surface area contributed by atoms with Gasteiger partial charge < -0.3 is 29.3 Å². The number of hydrogen-bond donors (Lipinski definition) is 2. The maximum atomic E-state index is 13.1. The first-order valence-electron chi connectivity index (χ1n) is 8.42. The number of ether oxygens (including phenoxy) is 1. The van der Waals surface area contributed by atoms with Gasteiger partial charge in [-0.15, -0.1) is 10.2 Å². The summed E-state index contributed by atoms with van der Waals surface area (Å²) in [7, 11) is 3.30. The summed E-state index contributed by atoms with van der Waals surface area (Å²) in [5.74, 6) is 0.418. The molecule has 10 nitrogen and oxygen atoms in total.